The lowest BCUT2D eigenvalue weighted by Crippen LogP contribution is -2.29. The van der Waals surface area contributed by atoms with Crippen LogP contribution in [0.4, 0.5) is 17.1 Å². The van der Waals surface area contributed by atoms with Crippen LogP contribution < -0.4 is 14.5 Å². The predicted octanol–water partition coefficient (Wildman–Crippen LogP) is 17.4. The summed E-state index contributed by atoms with van der Waals surface area (Å²) in [6.45, 7) is 12.5. The summed E-state index contributed by atoms with van der Waals surface area (Å²) >= 11 is 0. The molecule has 5 nitrogen and oxygen atoms in total. The molecule has 5 heteroatoms. The summed E-state index contributed by atoms with van der Waals surface area (Å²) < 4.78 is 35.0. The zero-order chi connectivity index (χ0) is 51.4. The number of hydrogen-bond donors (Lipinski definition) is 0. The Morgan fingerprint density at radius 3 is 2.04 bits per heavy atom. The van der Waals surface area contributed by atoms with Crippen LogP contribution in [-0.4, -0.2) is 22.8 Å². The Hall–Kier alpha value is -7.89. The van der Waals surface area contributed by atoms with Crippen LogP contribution in [0.5, 0.6) is 11.5 Å². The topological polar surface area (TPSA) is 33.5 Å². The highest BCUT2D eigenvalue weighted by Crippen LogP contribution is 2.43. The first-order valence-corrected chi connectivity index (χ1v) is 24.9. The summed E-state index contributed by atoms with van der Waals surface area (Å²) in [7, 11) is 0. The van der Waals surface area contributed by atoms with Crippen molar-refractivity contribution in [1.82, 2.24) is 9.55 Å². The van der Waals surface area contributed by atoms with E-state index in [9.17, 15) is 0 Å². The van der Waals surface area contributed by atoms with E-state index in [-0.39, 0.29) is 10.8 Å². The summed E-state index contributed by atoms with van der Waals surface area (Å²) in [5.41, 5.74) is 15.7. The highest BCUT2D eigenvalue weighted by Gasteiger charge is 2.27. The van der Waals surface area contributed by atoms with Gasteiger partial charge in [-0.25, -0.2) is 4.98 Å². The number of hydrogen-bond acceptors (Lipinski definition) is 4. The van der Waals surface area contributed by atoms with Crippen LogP contribution >= 0.6 is 0 Å². The fourth-order valence-corrected chi connectivity index (χ4v) is 10.3. The maximum atomic E-state index is 8.66. The molecule has 352 valence electrons. The lowest BCUT2D eigenvalue weighted by atomic mass is 9.82. The van der Waals surface area contributed by atoms with Crippen LogP contribution in [0.3, 0.4) is 0 Å². The molecule has 3 heterocycles. The molecule has 0 spiro atoms. The van der Waals surface area contributed by atoms with Crippen molar-refractivity contribution in [3.63, 3.8) is 0 Å². The van der Waals surface area contributed by atoms with Crippen LogP contribution in [0.15, 0.2) is 200 Å². The molecule has 0 N–H and O–H groups in total. The maximum Gasteiger partial charge on any atom is 0.138 e. The third kappa shape index (κ3) is 9.09. The normalized spacial score (nSPS) is 13.6. The van der Waals surface area contributed by atoms with Gasteiger partial charge in [0.25, 0.3) is 0 Å². The number of aromatic nitrogens is 2. The van der Waals surface area contributed by atoms with Gasteiger partial charge in [-0.15, -0.1) is 0 Å². The second-order valence-corrected chi connectivity index (χ2v) is 21.0. The third-order valence-electron chi connectivity index (χ3n) is 14.1. The second-order valence-electron chi connectivity index (χ2n) is 21.0. The minimum absolute atomic E-state index is 0.0788. The largest absolute Gasteiger partial charge is 0.457 e. The first kappa shape index (κ1) is 42.0. The van der Waals surface area contributed by atoms with Crippen molar-refractivity contribution >= 4 is 38.9 Å². The van der Waals surface area contributed by atoms with Gasteiger partial charge in [0, 0.05) is 45.4 Å². The molecule has 0 fully saturated rings. The summed E-state index contributed by atoms with van der Waals surface area (Å²) in [4.78, 5) is 9.68. The number of benzene rings is 8. The fraction of sp³-hybridized carbons (Fsp3) is 0.197. The Labute approximate surface area is 423 Å². The predicted molar refractivity (Wildman–Crippen MR) is 299 cm³/mol. The number of fused-ring (bicyclic) bond motifs is 4. The van der Waals surface area contributed by atoms with E-state index < -0.39 is 6.85 Å². The average molecular weight is 930 g/mol. The van der Waals surface area contributed by atoms with Gasteiger partial charge in [-0.05, 0) is 147 Å². The number of rotatable bonds is 11. The Morgan fingerprint density at radius 1 is 0.535 bits per heavy atom. The summed E-state index contributed by atoms with van der Waals surface area (Å²) in [5.74, 6) is 2.31. The van der Waals surface area contributed by atoms with E-state index in [4.69, 9.17) is 13.8 Å². The molecular formula is C66H62N4O. The quantitative estimate of drug-likeness (QED) is 0.129. The number of anilines is 3. The molecule has 10 aromatic rings. The van der Waals surface area contributed by atoms with Crippen molar-refractivity contribution in [2.45, 2.75) is 72.1 Å². The Balaban J connectivity index is 0.858. The molecule has 0 aliphatic carbocycles. The van der Waals surface area contributed by atoms with E-state index in [0.717, 1.165) is 108 Å². The number of nitrogens with zero attached hydrogens (tertiary/aromatic N) is 4. The van der Waals surface area contributed by atoms with Crippen LogP contribution in [0.1, 0.15) is 74.3 Å². The molecule has 0 saturated heterocycles. The zero-order valence-corrected chi connectivity index (χ0v) is 41.6. The Kier molecular flexibility index (Phi) is 10.9. The molecule has 0 atom stereocenters. The van der Waals surface area contributed by atoms with Crippen LogP contribution in [0.2, 0.25) is 0 Å². The molecule has 0 unspecified atom stereocenters. The van der Waals surface area contributed by atoms with Gasteiger partial charge >= 0.3 is 0 Å². The molecule has 0 amide bonds. The fourth-order valence-electron chi connectivity index (χ4n) is 10.3. The number of ether oxygens (including phenoxy) is 1. The highest BCUT2D eigenvalue weighted by atomic mass is 16.5. The van der Waals surface area contributed by atoms with Crippen molar-refractivity contribution in [2.75, 3.05) is 23.0 Å². The zero-order valence-electron chi connectivity index (χ0n) is 44.6. The van der Waals surface area contributed by atoms with E-state index in [1.165, 1.54) is 11.1 Å². The summed E-state index contributed by atoms with van der Waals surface area (Å²) in [6.07, 6.45) is 3.28. The minimum atomic E-state index is -2.26. The molecule has 11 rings (SSSR count). The van der Waals surface area contributed by atoms with Gasteiger partial charge in [0.15, 0.2) is 0 Å². The van der Waals surface area contributed by atoms with Gasteiger partial charge in [0.2, 0.25) is 0 Å². The summed E-state index contributed by atoms with van der Waals surface area (Å²) in [6, 6.07) is 67.8. The van der Waals surface area contributed by atoms with E-state index in [1.54, 1.807) is 6.07 Å². The average Bonchev–Trinajstić information content (AvgIpc) is 3.94. The van der Waals surface area contributed by atoms with E-state index in [0.29, 0.717) is 18.7 Å². The summed E-state index contributed by atoms with van der Waals surface area (Å²) in [5, 5.41) is 2.28. The lowest BCUT2D eigenvalue weighted by Gasteiger charge is -2.24. The Morgan fingerprint density at radius 2 is 1.24 bits per heavy atom. The molecule has 1 aliphatic rings. The molecule has 0 radical (unpaired) electrons. The van der Waals surface area contributed by atoms with Gasteiger partial charge in [0.05, 0.1) is 29.1 Å². The molecule has 1 aliphatic heterocycles. The van der Waals surface area contributed by atoms with Crippen molar-refractivity contribution in [3.8, 4) is 50.7 Å². The van der Waals surface area contributed by atoms with Gasteiger partial charge in [0.1, 0.15) is 17.3 Å². The number of para-hydroxylation sites is 3. The number of pyridine rings is 1. The smallest absolute Gasteiger partial charge is 0.138 e. The van der Waals surface area contributed by atoms with Crippen molar-refractivity contribution in [1.29, 1.82) is 0 Å². The van der Waals surface area contributed by atoms with Crippen molar-refractivity contribution in [3.05, 3.63) is 223 Å². The molecule has 8 aromatic carbocycles. The van der Waals surface area contributed by atoms with Gasteiger partial charge < -0.3 is 14.5 Å². The van der Waals surface area contributed by atoms with Gasteiger partial charge in [-0.1, -0.05) is 163 Å². The van der Waals surface area contributed by atoms with Crippen LogP contribution in [-0.2, 0) is 17.3 Å². The first-order chi connectivity index (χ1) is 35.6. The van der Waals surface area contributed by atoms with Crippen molar-refractivity contribution < 1.29 is 8.85 Å². The van der Waals surface area contributed by atoms with E-state index >= 15 is 0 Å². The first-order valence-electron chi connectivity index (χ1n) is 26.4. The van der Waals surface area contributed by atoms with Crippen LogP contribution in [0.25, 0.3) is 61.0 Å². The standard InChI is InChI=1S/C66H62N4O/c1-45-18-15-24-57(50-38-49(46-19-9-8-10-20-46)39-52(40-50)66(5,6)7)56(45)25-17-37-68-44-69(62-28-14-13-27-61(62)68)53-21-16-22-54(42-53)71-55-33-34-59-58-23-11-12-26-60(58)70(63(59)43-55)64-41-48(35-36-67-64)47-29-31-51(32-30-47)65(2,3)4/h8-16,18-24,26-36,38-43H,17,25,37,44H2,1-7H3/i1D3. The maximum absolute atomic E-state index is 8.66. The Bertz CT molecular complexity index is 3680. The molecule has 0 bridgehead atoms. The van der Waals surface area contributed by atoms with Gasteiger partial charge in [-0.2, -0.15) is 0 Å². The third-order valence-corrected chi connectivity index (χ3v) is 14.1. The number of aryl methyl sites for hydroxylation is 1. The lowest BCUT2D eigenvalue weighted by molar-refractivity contribution is 0.483. The van der Waals surface area contributed by atoms with E-state index in [1.807, 2.05) is 24.4 Å². The molecule has 0 saturated carbocycles. The second kappa shape index (κ2) is 18.5. The minimum Gasteiger partial charge on any atom is -0.457 e. The molecule has 2 aromatic heterocycles. The molecular weight excluding hydrogens is 865 g/mol. The molecule has 71 heavy (non-hydrogen) atoms. The van der Waals surface area contributed by atoms with Crippen LogP contribution in [0, 0.1) is 6.85 Å². The van der Waals surface area contributed by atoms with Crippen molar-refractivity contribution in [2.24, 2.45) is 0 Å². The monoisotopic (exact) mass is 930 g/mol. The van der Waals surface area contributed by atoms with E-state index in [2.05, 4.69) is 226 Å². The van der Waals surface area contributed by atoms with Gasteiger partial charge in [-0.3, -0.25) is 4.57 Å². The SMILES string of the molecule is [2H]C([2H])([2H])c1cccc(-c2cc(-c3ccccc3)cc(C(C)(C)C)c2)c1CCCN1CN(c2cccc(Oc3ccc4c5ccccc5n(-c5cc(-c6ccc(C(C)(C)C)cc6)ccn5)c4c3)c2)c2ccccc21. The highest BCUT2D eigenvalue weighted by molar-refractivity contribution is 6.09.